The Bertz CT molecular complexity index is 718. The maximum atomic E-state index is 11.7. The van der Waals surface area contributed by atoms with Crippen molar-refractivity contribution in [2.24, 2.45) is 0 Å². The maximum absolute atomic E-state index is 11.7. The monoisotopic (exact) mass is 336 g/mol. The Morgan fingerprint density at radius 2 is 1.81 bits per heavy atom. The van der Waals surface area contributed by atoms with Crippen LogP contribution < -0.4 is 11.2 Å². The summed E-state index contributed by atoms with van der Waals surface area (Å²) < 4.78 is 23.7. The topological polar surface area (TPSA) is 95.5 Å². The van der Waals surface area contributed by atoms with Crippen LogP contribution in [0.5, 0.6) is 0 Å². The van der Waals surface area contributed by atoms with Gasteiger partial charge in [0.25, 0.3) is 14.6 Å². The van der Waals surface area contributed by atoms with E-state index in [0.717, 1.165) is 36.9 Å². The lowest BCUT2D eigenvalue weighted by atomic mass is 10.3. The molecular formula is C11H17ClN4O4S. The molecule has 1 aliphatic heterocycles. The van der Waals surface area contributed by atoms with E-state index in [0.29, 0.717) is 13.1 Å². The van der Waals surface area contributed by atoms with Crippen LogP contribution in [0, 0.1) is 0 Å². The molecule has 118 valence electrons. The van der Waals surface area contributed by atoms with Gasteiger partial charge in [0, 0.05) is 56.1 Å². The van der Waals surface area contributed by atoms with Gasteiger partial charge in [0.05, 0.1) is 0 Å². The highest BCUT2D eigenvalue weighted by molar-refractivity contribution is 8.13. The second-order valence-electron chi connectivity index (χ2n) is 5.03. The standard InChI is InChI=1S/C11H17ClN4O4S/c1-14-2-4-15(5-3-14)6-7-16-8-9(21(12,19)20)10(17)13-11(16)18/h8H,2-7H2,1H3,(H,13,17,18). The molecule has 0 radical (unpaired) electrons. The van der Waals surface area contributed by atoms with Gasteiger partial charge in [-0.05, 0) is 7.05 Å². The third-order valence-electron chi connectivity index (χ3n) is 3.49. The molecule has 0 amide bonds. The Morgan fingerprint density at radius 1 is 1.19 bits per heavy atom. The van der Waals surface area contributed by atoms with Gasteiger partial charge in [-0.3, -0.25) is 19.2 Å². The zero-order valence-corrected chi connectivity index (χ0v) is 13.2. The largest absolute Gasteiger partial charge is 0.328 e. The first kappa shape index (κ1) is 16.2. The fourth-order valence-electron chi connectivity index (χ4n) is 2.15. The van der Waals surface area contributed by atoms with E-state index >= 15 is 0 Å². The summed E-state index contributed by atoms with van der Waals surface area (Å²) in [4.78, 5) is 28.9. The first-order chi connectivity index (χ1) is 9.77. The van der Waals surface area contributed by atoms with E-state index in [1.807, 2.05) is 12.0 Å². The van der Waals surface area contributed by atoms with Crippen molar-refractivity contribution >= 4 is 19.7 Å². The quantitative estimate of drug-likeness (QED) is 0.688. The third-order valence-corrected chi connectivity index (χ3v) is 4.81. The Kier molecular flexibility index (Phi) is 4.87. The average Bonchev–Trinajstić information content (AvgIpc) is 2.38. The number of nitrogens with one attached hydrogen (secondary N) is 1. The van der Waals surface area contributed by atoms with E-state index in [1.54, 1.807) is 0 Å². The molecule has 8 nitrogen and oxygen atoms in total. The summed E-state index contributed by atoms with van der Waals surface area (Å²) in [6, 6.07) is 0. The summed E-state index contributed by atoms with van der Waals surface area (Å²) in [7, 11) is 3.04. The summed E-state index contributed by atoms with van der Waals surface area (Å²) in [6.07, 6.45) is 1.000. The molecule has 21 heavy (non-hydrogen) atoms. The lowest BCUT2D eigenvalue weighted by Crippen LogP contribution is -2.46. The maximum Gasteiger partial charge on any atom is 0.328 e. The molecule has 1 aliphatic rings. The van der Waals surface area contributed by atoms with Gasteiger partial charge in [-0.1, -0.05) is 0 Å². The molecule has 10 heteroatoms. The van der Waals surface area contributed by atoms with Crippen molar-refractivity contribution in [3.63, 3.8) is 0 Å². The Morgan fingerprint density at radius 3 is 2.38 bits per heavy atom. The number of halogens is 1. The molecule has 1 saturated heterocycles. The van der Waals surface area contributed by atoms with Crippen molar-refractivity contribution in [2.75, 3.05) is 39.8 Å². The number of hydrogen-bond acceptors (Lipinski definition) is 6. The van der Waals surface area contributed by atoms with Gasteiger partial charge in [-0.15, -0.1) is 0 Å². The Hall–Kier alpha value is -1.16. The predicted molar refractivity (Wildman–Crippen MR) is 78.3 cm³/mol. The van der Waals surface area contributed by atoms with E-state index in [-0.39, 0.29) is 0 Å². The molecule has 1 N–H and O–H groups in total. The fourth-order valence-corrected chi connectivity index (χ4v) is 3.01. The number of likely N-dealkylation sites (N-methyl/N-ethyl adjacent to an activating group) is 1. The molecule has 1 aromatic heterocycles. The van der Waals surface area contributed by atoms with Crippen LogP contribution in [-0.2, 0) is 15.6 Å². The number of nitrogens with zero attached hydrogens (tertiary/aromatic N) is 3. The number of aromatic nitrogens is 2. The van der Waals surface area contributed by atoms with Crippen molar-refractivity contribution in [3.05, 3.63) is 27.0 Å². The first-order valence-corrected chi connectivity index (χ1v) is 8.77. The predicted octanol–water partition coefficient (Wildman–Crippen LogP) is -1.29. The minimum Gasteiger partial charge on any atom is -0.304 e. The van der Waals surface area contributed by atoms with Gasteiger partial charge in [0.1, 0.15) is 0 Å². The molecule has 0 spiro atoms. The lowest BCUT2D eigenvalue weighted by molar-refractivity contribution is 0.149. The smallest absolute Gasteiger partial charge is 0.304 e. The highest BCUT2D eigenvalue weighted by atomic mass is 35.7. The van der Waals surface area contributed by atoms with Crippen LogP contribution >= 0.6 is 10.7 Å². The van der Waals surface area contributed by atoms with E-state index in [1.165, 1.54) is 0 Å². The minimum atomic E-state index is -4.17. The number of rotatable bonds is 4. The zero-order chi connectivity index (χ0) is 15.6. The summed E-state index contributed by atoms with van der Waals surface area (Å²) in [5, 5.41) is 0. The van der Waals surface area contributed by atoms with Crippen molar-refractivity contribution in [3.8, 4) is 0 Å². The third kappa shape index (κ3) is 4.16. The van der Waals surface area contributed by atoms with Gasteiger partial charge < -0.3 is 4.90 Å². The molecule has 1 aromatic rings. The first-order valence-electron chi connectivity index (χ1n) is 6.47. The number of hydrogen-bond donors (Lipinski definition) is 1. The minimum absolute atomic E-state index is 0.290. The highest BCUT2D eigenvalue weighted by Crippen LogP contribution is 2.07. The van der Waals surface area contributed by atoms with E-state index < -0.39 is 25.2 Å². The molecule has 0 saturated carbocycles. The second kappa shape index (κ2) is 6.30. The van der Waals surface area contributed by atoms with Crippen LogP contribution in [0.3, 0.4) is 0 Å². The van der Waals surface area contributed by atoms with Gasteiger partial charge in [0.15, 0.2) is 4.90 Å². The van der Waals surface area contributed by atoms with Crippen molar-refractivity contribution in [1.82, 2.24) is 19.4 Å². The summed E-state index contributed by atoms with van der Waals surface area (Å²) in [5.74, 6) is 0. The van der Waals surface area contributed by atoms with E-state index in [4.69, 9.17) is 10.7 Å². The van der Waals surface area contributed by atoms with Crippen LogP contribution in [-0.4, -0.2) is 67.5 Å². The SMILES string of the molecule is CN1CCN(CCn2cc(S(=O)(=O)Cl)c(=O)[nH]c2=O)CC1. The Labute approximate surface area is 126 Å². The molecular weight excluding hydrogens is 320 g/mol. The summed E-state index contributed by atoms with van der Waals surface area (Å²) in [6.45, 7) is 4.55. The van der Waals surface area contributed by atoms with Crippen LogP contribution in [0.4, 0.5) is 0 Å². The highest BCUT2D eigenvalue weighted by Gasteiger charge is 2.18. The number of piperazine rings is 1. The molecule has 0 bridgehead atoms. The second-order valence-corrected chi connectivity index (χ2v) is 7.56. The van der Waals surface area contributed by atoms with Crippen LogP contribution in [0.1, 0.15) is 0 Å². The van der Waals surface area contributed by atoms with Crippen LogP contribution in [0.2, 0.25) is 0 Å². The van der Waals surface area contributed by atoms with Crippen molar-refractivity contribution < 1.29 is 8.42 Å². The number of aromatic amines is 1. The lowest BCUT2D eigenvalue weighted by Gasteiger charge is -2.32. The van der Waals surface area contributed by atoms with E-state index in [2.05, 4.69) is 9.80 Å². The van der Waals surface area contributed by atoms with Gasteiger partial charge in [-0.25, -0.2) is 13.2 Å². The molecule has 2 rings (SSSR count). The van der Waals surface area contributed by atoms with Gasteiger partial charge >= 0.3 is 5.69 Å². The molecule has 0 unspecified atom stereocenters. The molecule has 0 aromatic carbocycles. The molecule has 0 aliphatic carbocycles. The summed E-state index contributed by atoms with van der Waals surface area (Å²) >= 11 is 0. The van der Waals surface area contributed by atoms with Gasteiger partial charge in [-0.2, -0.15) is 0 Å². The average molecular weight is 337 g/mol. The van der Waals surface area contributed by atoms with E-state index in [9.17, 15) is 18.0 Å². The van der Waals surface area contributed by atoms with Crippen LogP contribution in [0.25, 0.3) is 0 Å². The molecule has 2 heterocycles. The van der Waals surface area contributed by atoms with Crippen LogP contribution in [0.15, 0.2) is 20.7 Å². The number of H-pyrrole nitrogens is 1. The van der Waals surface area contributed by atoms with Crippen molar-refractivity contribution in [2.45, 2.75) is 11.4 Å². The zero-order valence-electron chi connectivity index (χ0n) is 11.6. The Balaban J connectivity index is 2.14. The normalized spacial score (nSPS) is 18.0. The summed E-state index contributed by atoms with van der Waals surface area (Å²) in [5.41, 5.74) is -1.64. The fraction of sp³-hybridized carbons (Fsp3) is 0.636. The molecule has 0 atom stereocenters. The van der Waals surface area contributed by atoms with Crippen molar-refractivity contribution in [1.29, 1.82) is 0 Å². The molecule has 1 fully saturated rings. The van der Waals surface area contributed by atoms with Gasteiger partial charge in [0.2, 0.25) is 0 Å².